The number of rotatable bonds is 8. The van der Waals surface area contributed by atoms with E-state index < -0.39 is 8.80 Å². The standard InChI is InChI=1S/C12H26N2O4Si/c1-5-16-19(17-6-2,18-7-3)11-14-9-8-13(4)12(15)10-14/h5-11H2,1-4H3. The number of carbonyl (C=O) groups is 1. The zero-order chi connectivity index (χ0) is 14.3. The average molecular weight is 290 g/mol. The van der Waals surface area contributed by atoms with E-state index in [1.807, 2.05) is 27.8 Å². The van der Waals surface area contributed by atoms with Gasteiger partial charge in [-0.1, -0.05) is 0 Å². The first-order valence-electron chi connectivity index (χ1n) is 6.95. The summed E-state index contributed by atoms with van der Waals surface area (Å²) in [5.74, 6) is 0.138. The Balaban J connectivity index is 2.67. The van der Waals surface area contributed by atoms with Gasteiger partial charge >= 0.3 is 8.80 Å². The zero-order valence-electron chi connectivity index (χ0n) is 12.5. The molecule has 0 aromatic heterocycles. The van der Waals surface area contributed by atoms with E-state index in [0.717, 1.165) is 13.1 Å². The molecule has 1 amide bonds. The molecular formula is C12H26N2O4Si. The molecule has 0 N–H and O–H groups in total. The van der Waals surface area contributed by atoms with Gasteiger partial charge in [-0.2, -0.15) is 0 Å². The molecule has 1 aliphatic rings. The Morgan fingerprint density at radius 3 is 2.00 bits per heavy atom. The topological polar surface area (TPSA) is 51.2 Å². The van der Waals surface area contributed by atoms with Crippen LogP contribution in [0.4, 0.5) is 0 Å². The highest BCUT2D eigenvalue weighted by atomic mass is 28.4. The van der Waals surface area contributed by atoms with Gasteiger partial charge in [0.25, 0.3) is 0 Å². The molecule has 0 spiro atoms. The van der Waals surface area contributed by atoms with E-state index in [-0.39, 0.29) is 5.91 Å². The van der Waals surface area contributed by atoms with Crippen molar-refractivity contribution in [2.75, 3.05) is 52.7 Å². The van der Waals surface area contributed by atoms with Crippen LogP contribution >= 0.6 is 0 Å². The normalized spacial score (nSPS) is 18.1. The third-order valence-electron chi connectivity index (χ3n) is 3.05. The van der Waals surface area contributed by atoms with Crippen LogP contribution in [-0.2, 0) is 18.1 Å². The maximum atomic E-state index is 11.7. The third kappa shape index (κ3) is 4.85. The molecule has 1 rings (SSSR count). The van der Waals surface area contributed by atoms with Gasteiger partial charge in [0.2, 0.25) is 5.91 Å². The average Bonchev–Trinajstić information content (AvgIpc) is 2.35. The van der Waals surface area contributed by atoms with Crippen molar-refractivity contribution in [3.05, 3.63) is 0 Å². The number of hydrogen-bond donors (Lipinski definition) is 0. The minimum Gasteiger partial charge on any atom is -0.373 e. The monoisotopic (exact) mass is 290 g/mol. The molecule has 1 aliphatic heterocycles. The number of nitrogens with zero attached hydrogens (tertiary/aromatic N) is 2. The van der Waals surface area contributed by atoms with Gasteiger partial charge in [-0.25, -0.2) is 0 Å². The van der Waals surface area contributed by atoms with Gasteiger partial charge in [0.15, 0.2) is 0 Å². The fourth-order valence-electron chi connectivity index (χ4n) is 2.14. The van der Waals surface area contributed by atoms with Gasteiger partial charge in [0.1, 0.15) is 0 Å². The fourth-order valence-corrected chi connectivity index (χ4v) is 4.80. The second-order valence-electron chi connectivity index (χ2n) is 4.51. The molecule has 7 heteroatoms. The Morgan fingerprint density at radius 1 is 1.05 bits per heavy atom. The van der Waals surface area contributed by atoms with Crippen LogP contribution in [-0.4, -0.2) is 77.2 Å². The minimum atomic E-state index is -2.68. The maximum absolute atomic E-state index is 11.7. The first-order valence-corrected chi connectivity index (χ1v) is 8.88. The summed E-state index contributed by atoms with van der Waals surface area (Å²) in [5, 5.41) is 0. The molecule has 6 nitrogen and oxygen atoms in total. The number of hydrogen-bond acceptors (Lipinski definition) is 5. The zero-order valence-corrected chi connectivity index (χ0v) is 13.5. The highest BCUT2D eigenvalue weighted by Gasteiger charge is 2.43. The molecule has 0 aromatic carbocycles. The van der Waals surface area contributed by atoms with Crippen molar-refractivity contribution in [3.63, 3.8) is 0 Å². The highest BCUT2D eigenvalue weighted by Crippen LogP contribution is 2.14. The molecule has 0 atom stereocenters. The van der Waals surface area contributed by atoms with Gasteiger partial charge in [-0.3, -0.25) is 9.69 Å². The van der Waals surface area contributed by atoms with Crippen molar-refractivity contribution in [1.82, 2.24) is 9.80 Å². The van der Waals surface area contributed by atoms with Crippen LogP contribution in [0.2, 0.25) is 0 Å². The van der Waals surface area contributed by atoms with Crippen LogP contribution in [0, 0.1) is 0 Å². The van der Waals surface area contributed by atoms with Crippen molar-refractivity contribution in [3.8, 4) is 0 Å². The lowest BCUT2D eigenvalue weighted by Gasteiger charge is -2.37. The predicted molar refractivity (Wildman–Crippen MR) is 74.7 cm³/mol. The lowest BCUT2D eigenvalue weighted by Crippen LogP contribution is -2.59. The van der Waals surface area contributed by atoms with Crippen LogP contribution in [0.1, 0.15) is 20.8 Å². The Hall–Kier alpha value is -0.473. The Bertz CT molecular complexity index is 274. The summed E-state index contributed by atoms with van der Waals surface area (Å²) in [6.07, 6.45) is 0.585. The van der Waals surface area contributed by atoms with E-state index in [2.05, 4.69) is 4.90 Å². The maximum Gasteiger partial charge on any atom is 0.515 e. The Labute approximate surface area is 117 Å². The van der Waals surface area contributed by atoms with Crippen molar-refractivity contribution in [2.45, 2.75) is 20.8 Å². The van der Waals surface area contributed by atoms with Crippen molar-refractivity contribution < 1.29 is 18.1 Å². The number of likely N-dealkylation sites (N-methyl/N-ethyl adjacent to an activating group) is 1. The van der Waals surface area contributed by atoms with Crippen LogP contribution < -0.4 is 0 Å². The van der Waals surface area contributed by atoms with Gasteiger partial charge in [0, 0.05) is 40.0 Å². The molecule has 0 aliphatic carbocycles. The molecule has 19 heavy (non-hydrogen) atoms. The van der Waals surface area contributed by atoms with E-state index in [9.17, 15) is 4.79 Å². The van der Waals surface area contributed by atoms with E-state index in [4.69, 9.17) is 13.3 Å². The fraction of sp³-hybridized carbons (Fsp3) is 0.917. The van der Waals surface area contributed by atoms with Gasteiger partial charge in [-0.05, 0) is 20.8 Å². The Morgan fingerprint density at radius 2 is 1.58 bits per heavy atom. The van der Waals surface area contributed by atoms with Crippen LogP contribution in [0.5, 0.6) is 0 Å². The van der Waals surface area contributed by atoms with Crippen molar-refractivity contribution in [2.24, 2.45) is 0 Å². The summed E-state index contributed by atoms with van der Waals surface area (Å²) < 4.78 is 17.4. The van der Waals surface area contributed by atoms with Gasteiger partial charge in [-0.15, -0.1) is 0 Å². The second-order valence-corrected chi connectivity index (χ2v) is 7.06. The van der Waals surface area contributed by atoms with E-state index in [0.29, 0.717) is 32.5 Å². The summed E-state index contributed by atoms with van der Waals surface area (Å²) >= 11 is 0. The first-order chi connectivity index (χ1) is 9.06. The molecule has 1 fully saturated rings. The Kier molecular flexibility index (Phi) is 6.94. The minimum absolute atomic E-state index is 0.138. The molecule has 0 aromatic rings. The quantitative estimate of drug-likeness (QED) is 0.604. The molecule has 1 heterocycles. The lowest BCUT2D eigenvalue weighted by atomic mass is 10.3. The number of amides is 1. The molecule has 0 radical (unpaired) electrons. The van der Waals surface area contributed by atoms with Crippen LogP contribution in [0.3, 0.4) is 0 Å². The molecular weight excluding hydrogens is 264 g/mol. The third-order valence-corrected chi connectivity index (χ3v) is 6.07. The summed E-state index contributed by atoms with van der Waals surface area (Å²) in [4.78, 5) is 15.6. The van der Waals surface area contributed by atoms with E-state index in [1.54, 1.807) is 4.90 Å². The largest absolute Gasteiger partial charge is 0.515 e. The van der Waals surface area contributed by atoms with E-state index >= 15 is 0 Å². The summed E-state index contributed by atoms with van der Waals surface area (Å²) in [7, 11) is -0.848. The first kappa shape index (κ1) is 16.6. The molecule has 0 unspecified atom stereocenters. The summed E-state index contributed by atoms with van der Waals surface area (Å²) in [6.45, 7) is 9.50. The van der Waals surface area contributed by atoms with E-state index in [1.165, 1.54) is 0 Å². The van der Waals surface area contributed by atoms with Crippen molar-refractivity contribution in [1.29, 1.82) is 0 Å². The number of carbonyl (C=O) groups excluding carboxylic acids is 1. The van der Waals surface area contributed by atoms with Crippen LogP contribution in [0.15, 0.2) is 0 Å². The smallest absolute Gasteiger partial charge is 0.373 e. The molecule has 0 saturated carbocycles. The van der Waals surface area contributed by atoms with Crippen molar-refractivity contribution >= 4 is 14.7 Å². The van der Waals surface area contributed by atoms with Gasteiger partial charge < -0.3 is 18.2 Å². The molecule has 1 saturated heterocycles. The summed E-state index contributed by atoms with van der Waals surface area (Å²) in [5.41, 5.74) is 0. The predicted octanol–water partition coefficient (Wildman–Crippen LogP) is 0.348. The number of piperazine rings is 1. The van der Waals surface area contributed by atoms with Crippen LogP contribution in [0.25, 0.3) is 0 Å². The molecule has 0 bridgehead atoms. The SMILES string of the molecule is CCO[Si](CN1CCN(C)C(=O)C1)(OCC)OCC. The second kappa shape index (κ2) is 7.96. The summed E-state index contributed by atoms with van der Waals surface area (Å²) in [6, 6.07) is 0. The van der Waals surface area contributed by atoms with Gasteiger partial charge in [0.05, 0.1) is 12.7 Å². The molecule has 112 valence electrons. The highest BCUT2D eigenvalue weighted by molar-refractivity contribution is 6.60. The lowest BCUT2D eigenvalue weighted by molar-refractivity contribution is -0.134.